The number of ether oxygens (including phenoxy) is 1. The Balaban J connectivity index is 1.37. The standard InChI is InChI=1S/C26H30N8O2/c1-15-13-33(7-8-36-15)16-5-6-22-31-24(32-34(22)14-16)19-12-29-23(27-4)18-11-28-21(9-17(18)19)30-25(35)20-10-26(20,2)3/h5-6,9,11-12,14-15,20H,7-8,10,13H2,1-4H3,(H,27,29)(H,28,30,35)/t15-,20?/m0/s1. The highest BCUT2D eigenvalue weighted by Gasteiger charge is 2.50. The maximum atomic E-state index is 12.7. The molecule has 5 heterocycles. The molecule has 2 aliphatic rings. The van der Waals surface area contributed by atoms with Crippen LogP contribution in [0.25, 0.3) is 27.8 Å². The lowest BCUT2D eigenvalue weighted by atomic mass is 10.1. The number of nitrogens with one attached hydrogen (secondary N) is 2. The molecule has 4 aromatic heterocycles. The van der Waals surface area contributed by atoms with Crippen molar-refractivity contribution in [2.24, 2.45) is 11.3 Å². The number of pyridine rings is 3. The lowest BCUT2D eigenvalue weighted by Crippen LogP contribution is -2.41. The molecule has 1 amide bonds. The zero-order chi connectivity index (χ0) is 25.0. The largest absolute Gasteiger partial charge is 0.375 e. The van der Waals surface area contributed by atoms with Crippen LogP contribution in [0, 0.1) is 11.3 Å². The van der Waals surface area contributed by atoms with Crippen LogP contribution in [0.5, 0.6) is 0 Å². The van der Waals surface area contributed by atoms with E-state index in [1.54, 1.807) is 12.4 Å². The molecule has 1 aliphatic carbocycles. The van der Waals surface area contributed by atoms with Crippen LogP contribution in [0.4, 0.5) is 17.3 Å². The smallest absolute Gasteiger partial charge is 0.229 e. The summed E-state index contributed by atoms with van der Waals surface area (Å²) in [5.41, 5.74) is 2.66. The molecule has 1 saturated heterocycles. The summed E-state index contributed by atoms with van der Waals surface area (Å²) in [6, 6.07) is 5.93. The Labute approximate surface area is 209 Å². The van der Waals surface area contributed by atoms with Crippen LogP contribution >= 0.6 is 0 Å². The summed E-state index contributed by atoms with van der Waals surface area (Å²) in [4.78, 5) is 28.8. The van der Waals surface area contributed by atoms with Crippen LogP contribution in [0.2, 0.25) is 0 Å². The minimum atomic E-state index is 0.00658. The van der Waals surface area contributed by atoms with E-state index in [1.165, 1.54) is 0 Å². The van der Waals surface area contributed by atoms with Gasteiger partial charge in [-0.25, -0.2) is 19.5 Å². The first-order valence-corrected chi connectivity index (χ1v) is 12.3. The molecule has 1 aliphatic heterocycles. The molecule has 0 radical (unpaired) electrons. The van der Waals surface area contributed by atoms with E-state index in [2.05, 4.69) is 52.3 Å². The normalized spacial score (nSPS) is 21.1. The van der Waals surface area contributed by atoms with Crippen molar-refractivity contribution < 1.29 is 9.53 Å². The summed E-state index contributed by atoms with van der Waals surface area (Å²) in [7, 11) is 1.82. The Kier molecular flexibility index (Phi) is 5.29. The summed E-state index contributed by atoms with van der Waals surface area (Å²) < 4.78 is 7.49. The predicted octanol–water partition coefficient (Wildman–Crippen LogP) is 3.59. The van der Waals surface area contributed by atoms with Gasteiger partial charge in [0, 0.05) is 54.8 Å². The van der Waals surface area contributed by atoms with E-state index in [-0.39, 0.29) is 23.3 Å². The molecule has 2 fully saturated rings. The number of hydrogen-bond acceptors (Lipinski definition) is 8. The summed E-state index contributed by atoms with van der Waals surface area (Å²) in [6.45, 7) is 8.69. The first-order chi connectivity index (χ1) is 17.3. The second kappa shape index (κ2) is 8.41. The molecule has 6 rings (SSSR count). The van der Waals surface area contributed by atoms with Crippen molar-refractivity contribution in [2.75, 3.05) is 42.3 Å². The van der Waals surface area contributed by atoms with E-state index in [9.17, 15) is 4.79 Å². The van der Waals surface area contributed by atoms with Crippen molar-refractivity contribution in [3.63, 3.8) is 0 Å². The Morgan fingerprint density at radius 3 is 2.78 bits per heavy atom. The number of aromatic nitrogens is 5. The second-order valence-corrected chi connectivity index (χ2v) is 10.4. The minimum Gasteiger partial charge on any atom is -0.375 e. The van der Waals surface area contributed by atoms with Crippen LogP contribution in [0.1, 0.15) is 27.2 Å². The number of hydrogen-bond donors (Lipinski definition) is 2. The lowest BCUT2D eigenvalue weighted by molar-refractivity contribution is -0.118. The Hall–Kier alpha value is -3.79. The fourth-order valence-corrected chi connectivity index (χ4v) is 4.94. The van der Waals surface area contributed by atoms with Gasteiger partial charge >= 0.3 is 0 Å². The Morgan fingerprint density at radius 1 is 1.19 bits per heavy atom. The van der Waals surface area contributed by atoms with Gasteiger partial charge in [-0.3, -0.25) is 4.79 Å². The first-order valence-electron chi connectivity index (χ1n) is 12.3. The highest BCUT2D eigenvalue weighted by Crippen LogP contribution is 2.52. The molecule has 0 spiro atoms. The van der Waals surface area contributed by atoms with Gasteiger partial charge in [0.05, 0.1) is 24.6 Å². The van der Waals surface area contributed by atoms with Gasteiger partial charge < -0.3 is 20.3 Å². The highest BCUT2D eigenvalue weighted by molar-refractivity contribution is 6.03. The molecule has 1 saturated carbocycles. The monoisotopic (exact) mass is 486 g/mol. The van der Waals surface area contributed by atoms with Crippen molar-refractivity contribution >= 4 is 39.6 Å². The van der Waals surface area contributed by atoms with Crippen LogP contribution in [-0.4, -0.2) is 63.3 Å². The molecule has 2 N–H and O–H groups in total. The summed E-state index contributed by atoms with van der Waals surface area (Å²) in [6.07, 6.45) is 6.59. The van der Waals surface area contributed by atoms with Crippen molar-refractivity contribution in [3.05, 3.63) is 36.8 Å². The van der Waals surface area contributed by atoms with Gasteiger partial charge in [-0.05, 0) is 37.0 Å². The molecule has 4 aromatic rings. The topological polar surface area (TPSA) is 110 Å². The van der Waals surface area contributed by atoms with Crippen molar-refractivity contribution in [1.29, 1.82) is 0 Å². The van der Waals surface area contributed by atoms with Gasteiger partial charge in [-0.1, -0.05) is 13.8 Å². The zero-order valence-corrected chi connectivity index (χ0v) is 20.9. The summed E-state index contributed by atoms with van der Waals surface area (Å²) in [5, 5.41) is 12.6. The van der Waals surface area contributed by atoms with E-state index in [1.807, 2.05) is 29.9 Å². The third-order valence-electron chi connectivity index (χ3n) is 7.25. The molecule has 0 aromatic carbocycles. The predicted molar refractivity (Wildman–Crippen MR) is 139 cm³/mol. The zero-order valence-electron chi connectivity index (χ0n) is 20.9. The maximum Gasteiger partial charge on any atom is 0.229 e. The SMILES string of the molecule is CNc1ncc(-c2nc3ccc(N4CCO[C@@H](C)C4)cn3n2)c2cc(NC(=O)C3CC3(C)C)ncc12. The van der Waals surface area contributed by atoms with Crippen LogP contribution in [0.15, 0.2) is 36.8 Å². The third-order valence-corrected chi connectivity index (χ3v) is 7.25. The number of carbonyl (C=O) groups is 1. The number of nitrogens with zero attached hydrogens (tertiary/aromatic N) is 6. The highest BCUT2D eigenvalue weighted by atomic mass is 16.5. The van der Waals surface area contributed by atoms with Crippen LogP contribution in [-0.2, 0) is 9.53 Å². The number of amides is 1. The van der Waals surface area contributed by atoms with Gasteiger partial charge in [0.2, 0.25) is 5.91 Å². The van der Waals surface area contributed by atoms with Crippen LogP contribution in [0.3, 0.4) is 0 Å². The average Bonchev–Trinajstić information content (AvgIpc) is 3.31. The fraction of sp³-hybridized carbons (Fsp3) is 0.423. The fourth-order valence-electron chi connectivity index (χ4n) is 4.94. The quantitative estimate of drug-likeness (QED) is 0.441. The van der Waals surface area contributed by atoms with Crippen molar-refractivity contribution in [1.82, 2.24) is 24.6 Å². The molecule has 1 unspecified atom stereocenters. The number of carbonyl (C=O) groups excluding carboxylic acids is 1. The summed E-state index contributed by atoms with van der Waals surface area (Å²) >= 11 is 0. The van der Waals surface area contributed by atoms with E-state index < -0.39 is 0 Å². The first kappa shape index (κ1) is 22.7. The van der Waals surface area contributed by atoms with Crippen molar-refractivity contribution in [2.45, 2.75) is 33.3 Å². The molecule has 10 heteroatoms. The van der Waals surface area contributed by atoms with E-state index in [0.29, 0.717) is 24.1 Å². The Morgan fingerprint density at radius 2 is 2.03 bits per heavy atom. The van der Waals surface area contributed by atoms with Gasteiger partial charge in [-0.2, -0.15) is 0 Å². The lowest BCUT2D eigenvalue weighted by Gasteiger charge is -2.32. The van der Waals surface area contributed by atoms with Crippen molar-refractivity contribution in [3.8, 4) is 11.4 Å². The number of fused-ring (bicyclic) bond motifs is 2. The van der Waals surface area contributed by atoms with Gasteiger partial charge in [0.1, 0.15) is 11.6 Å². The van der Waals surface area contributed by atoms with E-state index >= 15 is 0 Å². The molecule has 0 bridgehead atoms. The molecule has 36 heavy (non-hydrogen) atoms. The van der Waals surface area contributed by atoms with Gasteiger partial charge in [0.15, 0.2) is 11.5 Å². The molecular formula is C26H30N8O2. The van der Waals surface area contributed by atoms with Gasteiger partial charge in [-0.15, -0.1) is 5.10 Å². The summed E-state index contributed by atoms with van der Waals surface area (Å²) in [5.74, 6) is 1.80. The number of anilines is 3. The molecule has 186 valence electrons. The molecule has 10 nitrogen and oxygen atoms in total. The average molecular weight is 487 g/mol. The molecule has 2 atom stereocenters. The Bertz CT molecular complexity index is 1480. The number of morpholine rings is 1. The van der Waals surface area contributed by atoms with E-state index in [4.69, 9.17) is 14.8 Å². The second-order valence-electron chi connectivity index (χ2n) is 10.4. The molecular weight excluding hydrogens is 456 g/mol. The third kappa shape index (κ3) is 4.01. The van der Waals surface area contributed by atoms with E-state index in [0.717, 1.165) is 47.2 Å². The minimum absolute atomic E-state index is 0.00658. The maximum absolute atomic E-state index is 12.7. The van der Waals surface area contributed by atoms with Crippen LogP contribution < -0.4 is 15.5 Å². The number of rotatable bonds is 5. The van der Waals surface area contributed by atoms with Gasteiger partial charge in [0.25, 0.3) is 0 Å².